The van der Waals surface area contributed by atoms with Gasteiger partial charge >= 0.3 is 12.1 Å². The number of fused-ring (bicyclic) bond motifs is 1. The summed E-state index contributed by atoms with van der Waals surface area (Å²) in [5, 5.41) is 8.63. The van der Waals surface area contributed by atoms with Crippen molar-refractivity contribution in [2.75, 3.05) is 13.7 Å². The molecule has 0 saturated carbocycles. The lowest BCUT2D eigenvalue weighted by molar-refractivity contribution is -0.145. The van der Waals surface area contributed by atoms with Crippen LogP contribution in [0.1, 0.15) is 37.9 Å². The number of H-pyrrole nitrogens is 1. The normalized spacial score (nSPS) is 12.8. The Labute approximate surface area is 215 Å². The Morgan fingerprint density at radius 2 is 1.62 bits per heavy atom. The third-order valence-electron chi connectivity index (χ3n) is 5.40. The average molecular weight is 509 g/mol. The van der Waals surface area contributed by atoms with Crippen LogP contribution in [0.4, 0.5) is 4.79 Å². The molecule has 3 amide bonds. The molecule has 0 radical (unpaired) electrons. The van der Waals surface area contributed by atoms with Crippen molar-refractivity contribution >= 4 is 34.8 Å². The monoisotopic (exact) mass is 508 g/mol. The third-order valence-corrected chi connectivity index (χ3v) is 5.40. The van der Waals surface area contributed by atoms with Crippen LogP contribution in [-0.4, -0.2) is 54.2 Å². The number of amides is 3. The molecule has 3 aromatic rings. The molecule has 0 aliphatic heterocycles. The molecule has 0 spiro atoms. The topological polar surface area (TPSA) is 139 Å². The molecule has 196 valence electrons. The van der Waals surface area contributed by atoms with E-state index in [0.717, 1.165) is 16.5 Å². The second-order valence-electron chi connectivity index (χ2n) is 9.41. The fourth-order valence-corrected chi connectivity index (χ4v) is 3.72. The van der Waals surface area contributed by atoms with Gasteiger partial charge in [0.1, 0.15) is 11.6 Å². The van der Waals surface area contributed by atoms with Crippen molar-refractivity contribution < 1.29 is 28.7 Å². The van der Waals surface area contributed by atoms with Gasteiger partial charge in [0.05, 0.1) is 13.7 Å². The van der Waals surface area contributed by atoms with Crippen LogP contribution < -0.4 is 16.0 Å². The van der Waals surface area contributed by atoms with Crippen molar-refractivity contribution in [1.29, 1.82) is 0 Å². The highest BCUT2D eigenvalue weighted by atomic mass is 16.6. The number of rotatable bonds is 9. The number of benzene rings is 2. The lowest BCUT2D eigenvalue weighted by atomic mass is 10.0. The van der Waals surface area contributed by atoms with E-state index >= 15 is 0 Å². The van der Waals surface area contributed by atoms with Crippen LogP contribution in [0, 0.1) is 0 Å². The lowest BCUT2D eigenvalue weighted by Gasteiger charge is -2.23. The number of nitrogens with one attached hydrogen (secondary N) is 4. The first-order valence-electron chi connectivity index (χ1n) is 11.8. The molecule has 1 aromatic heterocycles. The number of carbonyl (C=O) groups excluding carboxylic acids is 4. The minimum absolute atomic E-state index is 0.158. The Hall–Kier alpha value is -4.34. The van der Waals surface area contributed by atoms with Gasteiger partial charge in [0.25, 0.3) is 0 Å². The van der Waals surface area contributed by atoms with Gasteiger partial charge in [-0.25, -0.2) is 9.59 Å². The number of aromatic amines is 1. The van der Waals surface area contributed by atoms with Crippen LogP contribution in [0.2, 0.25) is 0 Å². The van der Waals surface area contributed by atoms with Crippen molar-refractivity contribution in [2.24, 2.45) is 0 Å². The second kappa shape index (κ2) is 12.1. The van der Waals surface area contributed by atoms with Crippen LogP contribution in [0.25, 0.3) is 10.9 Å². The van der Waals surface area contributed by atoms with E-state index in [-0.39, 0.29) is 6.42 Å². The second-order valence-corrected chi connectivity index (χ2v) is 9.41. The Bertz CT molecular complexity index is 1250. The molecule has 1 heterocycles. The SMILES string of the molecule is COC(=O)[C@@H](NC(=O)CNC(=O)[C@H](Cc1c[nH]c2ccccc12)NC(=O)OC(C)(C)C)c1ccccc1. The number of hydrogen-bond acceptors (Lipinski definition) is 6. The number of alkyl carbamates (subject to hydrolysis) is 1. The molecule has 0 fully saturated rings. The van der Waals surface area contributed by atoms with Gasteiger partial charge < -0.3 is 30.4 Å². The maximum absolute atomic E-state index is 13.1. The molecule has 0 unspecified atom stereocenters. The zero-order valence-corrected chi connectivity index (χ0v) is 21.3. The fraction of sp³-hybridized carbons (Fsp3) is 0.333. The molecule has 10 nitrogen and oxygen atoms in total. The number of ether oxygens (including phenoxy) is 2. The average Bonchev–Trinajstić information content (AvgIpc) is 3.27. The zero-order valence-electron chi connectivity index (χ0n) is 21.3. The van der Waals surface area contributed by atoms with E-state index in [1.54, 1.807) is 57.3 Å². The summed E-state index contributed by atoms with van der Waals surface area (Å²) >= 11 is 0. The summed E-state index contributed by atoms with van der Waals surface area (Å²) in [5.41, 5.74) is 1.48. The van der Waals surface area contributed by atoms with Gasteiger partial charge in [-0.1, -0.05) is 48.5 Å². The summed E-state index contributed by atoms with van der Waals surface area (Å²) in [6.45, 7) is 4.74. The lowest BCUT2D eigenvalue weighted by Crippen LogP contribution is -2.51. The number of esters is 1. The number of methoxy groups -OCH3 is 1. The summed E-state index contributed by atoms with van der Waals surface area (Å²) in [4.78, 5) is 53.6. The molecule has 0 saturated heterocycles. The molecule has 2 aromatic carbocycles. The van der Waals surface area contributed by atoms with Crippen molar-refractivity contribution in [1.82, 2.24) is 20.9 Å². The Balaban J connectivity index is 1.70. The van der Waals surface area contributed by atoms with Gasteiger partial charge in [0.2, 0.25) is 11.8 Å². The van der Waals surface area contributed by atoms with Crippen molar-refractivity contribution in [3.05, 3.63) is 71.9 Å². The standard InChI is InChI=1S/C27H32N4O6/c1-27(2,3)37-26(35)30-21(14-18-15-28-20-13-9-8-12-19(18)20)24(33)29-16-22(32)31-23(25(34)36-4)17-10-6-5-7-11-17/h5-13,15,21,23,28H,14,16H2,1-4H3,(H,29,33)(H,30,35)(H,31,32)/t21-,23-/m0/s1. The van der Waals surface area contributed by atoms with Crippen molar-refractivity contribution in [3.8, 4) is 0 Å². The first-order valence-corrected chi connectivity index (χ1v) is 11.8. The zero-order chi connectivity index (χ0) is 27.0. The molecule has 0 aliphatic rings. The van der Waals surface area contributed by atoms with E-state index in [2.05, 4.69) is 20.9 Å². The van der Waals surface area contributed by atoms with Crippen molar-refractivity contribution in [3.63, 3.8) is 0 Å². The predicted octanol–water partition coefficient (Wildman–Crippen LogP) is 2.75. The molecule has 0 aliphatic carbocycles. The maximum atomic E-state index is 13.1. The van der Waals surface area contributed by atoms with E-state index in [4.69, 9.17) is 9.47 Å². The van der Waals surface area contributed by atoms with E-state index < -0.39 is 48.1 Å². The molecule has 0 bridgehead atoms. The van der Waals surface area contributed by atoms with Gasteiger partial charge in [-0.3, -0.25) is 9.59 Å². The van der Waals surface area contributed by atoms with E-state index in [1.165, 1.54) is 7.11 Å². The van der Waals surface area contributed by atoms with Gasteiger partial charge in [0, 0.05) is 23.5 Å². The highest BCUT2D eigenvalue weighted by Gasteiger charge is 2.27. The summed E-state index contributed by atoms with van der Waals surface area (Å²) in [6.07, 6.45) is 1.17. The summed E-state index contributed by atoms with van der Waals surface area (Å²) in [5.74, 6) is -1.83. The Morgan fingerprint density at radius 1 is 0.946 bits per heavy atom. The van der Waals surface area contributed by atoms with Crippen LogP contribution in [-0.2, 0) is 30.3 Å². The van der Waals surface area contributed by atoms with Crippen LogP contribution in [0.5, 0.6) is 0 Å². The highest BCUT2D eigenvalue weighted by molar-refractivity contribution is 5.92. The Kier molecular flexibility index (Phi) is 8.89. The number of hydrogen-bond donors (Lipinski definition) is 4. The summed E-state index contributed by atoms with van der Waals surface area (Å²) < 4.78 is 10.1. The molecule has 10 heteroatoms. The number of aromatic nitrogens is 1. The third kappa shape index (κ3) is 7.83. The number of carbonyl (C=O) groups is 4. The molecule has 3 rings (SSSR count). The van der Waals surface area contributed by atoms with Crippen molar-refractivity contribution in [2.45, 2.75) is 44.9 Å². The van der Waals surface area contributed by atoms with Crippen LogP contribution in [0.3, 0.4) is 0 Å². The molecular weight excluding hydrogens is 476 g/mol. The van der Waals surface area contributed by atoms with Gasteiger partial charge in [-0.05, 0) is 38.0 Å². The Morgan fingerprint density at radius 3 is 2.30 bits per heavy atom. The van der Waals surface area contributed by atoms with E-state index in [9.17, 15) is 19.2 Å². The van der Waals surface area contributed by atoms with Gasteiger partial charge in [0.15, 0.2) is 6.04 Å². The van der Waals surface area contributed by atoms with Crippen LogP contribution >= 0.6 is 0 Å². The highest BCUT2D eigenvalue weighted by Crippen LogP contribution is 2.19. The van der Waals surface area contributed by atoms with E-state index in [1.807, 2.05) is 24.3 Å². The minimum Gasteiger partial charge on any atom is -0.467 e. The number of para-hydroxylation sites is 1. The molecule has 37 heavy (non-hydrogen) atoms. The smallest absolute Gasteiger partial charge is 0.408 e. The minimum atomic E-state index is -1.03. The predicted molar refractivity (Wildman–Crippen MR) is 138 cm³/mol. The van der Waals surface area contributed by atoms with Gasteiger partial charge in [-0.2, -0.15) is 0 Å². The fourth-order valence-electron chi connectivity index (χ4n) is 3.72. The largest absolute Gasteiger partial charge is 0.467 e. The first-order chi connectivity index (χ1) is 17.6. The summed E-state index contributed by atoms with van der Waals surface area (Å²) in [7, 11) is 1.23. The van der Waals surface area contributed by atoms with Gasteiger partial charge in [-0.15, -0.1) is 0 Å². The molecular formula is C27H32N4O6. The molecule has 4 N–H and O–H groups in total. The summed E-state index contributed by atoms with van der Waals surface area (Å²) in [6, 6.07) is 14.2. The van der Waals surface area contributed by atoms with Crippen LogP contribution in [0.15, 0.2) is 60.8 Å². The maximum Gasteiger partial charge on any atom is 0.408 e. The first kappa shape index (κ1) is 27.3. The molecule has 2 atom stereocenters. The van der Waals surface area contributed by atoms with E-state index in [0.29, 0.717) is 5.56 Å². The quantitative estimate of drug-likeness (QED) is 0.328.